The predicted molar refractivity (Wildman–Crippen MR) is 123 cm³/mol. The highest BCUT2D eigenvalue weighted by Gasteiger charge is 2.25. The molecule has 0 unspecified atom stereocenters. The largest absolute Gasteiger partial charge is 0.379 e. The second-order valence-electron chi connectivity index (χ2n) is 7.61. The fraction of sp³-hybridized carbons (Fsp3) is 0.478. The molecule has 0 saturated heterocycles. The minimum atomic E-state index is -0.336. The van der Waals surface area contributed by atoms with Gasteiger partial charge in [0, 0.05) is 43.1 Å². The van der Waals surface area contributed by atoms with Gasteiger partial charge in [-0.05, 0) is 72.3 Å². The van der Waals surface area contributed by atoms with Crippen LogP contribution in [0.4, 0.5) is 5.69 Å². The molecule has 0 bridgehead atoms. The van der Waals surface area contributed by atoms with Crippen LogP contribution in [0.1, 0.15) is 49.4 Å². The van der Waals surface area contributed by atoms with E-state index in [4.69, 9.17) is 19.2 Å². The van der Waals surface area contributed by atoms with Gasteiger partial charge in [-0.15, -0.1) is 0 Å². The maximum atomic E-state index is 5.97. The van der Waals surface area contributed by atoms with Gasteiger partial charge in [0.25, 0.3) is 0 Å². The standard InChI is InChI=1S/C23H29BrN4O3/c1-3-30-22(31-4-2)15-29-14-18-9-17(16-5-6-16)12-28-13-20(27-23(18)28)11-26-19-7-8-25-21(24)10-19/h7-10,12-13,16,22H,3-6,11,14-15H2,1-2H3,(H,25,26). The molecule has 8 heteroatoms. The van der Waals surface area contributed by atoms with Crippen LogP contribution in [0.5, 0.6) is 0 Å². The zero-order valence-corrected chi connectivity index (χ0v) is 19.6. The Morgan fingerprint density at radius 2 is 2.00 bits per heavy atom. The average Bonchev–Trinajstić information content (AvgIpc) is 3.52. The molecule has 0 radical (unpaired) electrons. The van der Waals surface area contributed by atoms with Crippen molar-refractivity contribution in [3.8, 4) is 0 Å². The Hall–Kier alpha value is -2.00. The van der Waals surface area contributed by atoms with Crippen LogP contribution < -0.4 is 5.32 Å². The van der Waals surface area contributed by atoms with Crippen molar-refractivity contribution >= 4 is 27.3 Å². The predicted octanol–water partition coefficient (Wildman–Crippen LogP) is 4.90. The van der Waals surface area contributed by atoms with Gasteiger partial charge in [-0.3, -0.25) is 0 Å². The first kappa shape index (κ1) is 22.2. The van der Waals surface area contributed by atoms with Gasteiger partial charge in [-0.1, -0.05) is 0 Å². The lowest BCUT2D eigenvalue weighted by molar-refractivity contribution is -0.169. The van der Waals surface area contributed by atoms with E-state index in [9.17, 15) is 0 Å². The van der Waals surface area contributed by atoms with E-state index in [1.165, 1.54) is 18.4 Å². The number of halogens is 1. The molecule has 1 aliphatic rings. The molecule has 7 nitrogen and oxygen atoms in total. The van der Waals surface area contributed by atoms with Crippen molar-refractivity contribution < 1.29 is 14.2 Å². The monoisotopic (exact) mass is 488 g/mol. The van der Waals surface area contributed by atoms with Gasteiger partial charge in [0.1, 0.15) is 10.3 Å². The molecule has 0 aromatic carbocycles. The molecule has 0 aliphatic heterocycles. The molecule has 3 aromatic rings. The number of hydrogen-bond acceptors (Lipinski definition) is 6. The first-order valence-electron chi connectivity index (χ1n) is 10.8. The molecule has 1 fully saturated rings. The summed E-state index contributed by atoms with van der Waals surface area (Å²) in [7, 11) is 0. The molecule has 166 valence electrons. The lowest BCUT2D eigenvalue weighted by Crippen LogP contribution is -2.23. The van der Waals surface area contributed by atoms with E-state index in [0.717, 1.165) is 27.2 Å². The van der Waals surface area contributed by atoms with Crippen molar-refractivity contribution in [2.45, 2.75) is 52.0 Å². The molecular formula is C23H29BrN4O3. The summed E-state index contributed by atoms with van der Waals surface area (Å²) < 4.78 is 20.1. The number of rotatable bonds is 12. The van der Waals surface area contributed by atoms with E-state index < -0.39 is 0 Å². The van der Waals surface area contributed by atoms with E-state index in [1.54, 1.807) is 6.20 Å². The third kappa shape index (κ3) is 6.04. The summed E-state index contributed by atoms with van der Waals surface area (Å²) in [5.41, 5.74) is 5.35. The van der Waals surface area contributed by atoms with Crippen molar-refractivity contribution in [2.24, 2.45) is 0 Å². The van der Waals surface area contributed by atoms with Gasteiger partial charge in [0.05, 0.1) is 25.5 Å². The fourth-order valence-corrected chi connectivity index (χ4v) is 3.93. The number of aromatic nitrogens is 3. The van der Waals surface area contributed by atoms with Crippen LogP contribution in [0.3, 0.4) is 0 Å². The van der Waals surface area contributed by atoms with Gasteiger partial charge in [-0.2, -0.15) is 0 Å². The number of nitrogens with zero attached hydrogens (tertiary/aromatic N) is 3. The van der Waals surface area contributed by atoms with Crippen LogP contribution in [-0.4, -0.2) is 40.5 Å². The van der Waals surface area contributed by atoms with Crippen LogP contribution >= 0.6 is 15.9 Å². The molecule has 0 atom stereocenters. The van der Waals surface area contributed by atoms with Crippen LogP contribution in [0.25, 0.3) is 5.65 Å². The summed E-state index contributed by atoms with van der Waals surface area (Å²) >= 11 is 3.40. The topological polar surface area (TPSA) is 69.9 Å². The smallest absolute Gasteiger partial charge is 0.180 e. The summed E-state index contributed by atoms with van der Waals surface area (Å²) in [6.45, 7) is 6.61. The van der Waals surface area contributed by atoms with Crippen LogP contribution in [0.15, 0.2) is 41.4 Å². The van der Waals surface area contributed by atoms with Crippen LogP contribution in [-0.2, 0) is 27.4 Å². The third-order valence-electron chi connectivity index (χ3n) is 5.16. The van der Waals surface area contributed by atoms with Crippen LogP contribution in [0, 0.1) is 0 Å². The maximum absolute atomic E-state index is 5.97. The summed E-state index contributed by atoms with van der Waals surface area (Å²) in [4.78, 5) is 9.03. The Bertz CT molecular complexity index is 1000. The Morgan fingerprint density at radius 3 is 2.71 bits per heavy atom. The SMILES string of the molecule is CCOC(COCc1cc(C2CC2)cn2cc(CNc3ccnc(Br)c3)nc12)OCC. The second-order valence-corrected chi connectivity index (χ2v) is 8.42. The molecule has 4 rings (SSSR count). The van der Waals surface area contributed by atoms with Crippen molar-refractivity contribution in [2.75, 3.05) is 25.1 Å². The average molecular weight is 489 g/mol. The normalized spacial score (nSPS) is 13.9. The van der Waals surface area contributed by atoms with E-state index in [2.05, 4.69) is 49.1 Å². The van der Waals surface area contributed by atoms with Gasteiger partial charge in [-0.25, -0.2) is 9.97 Å². The molecule has 3 heterocycles. The number of pyridine rings is 2. The van der Waals surface area contributed by atoms with Gasteiger partial charge < -0.3 is 23.9 Å². The third-order valence-corrected chi connectivity index (χ3v) is 5.60. The minimum Gasteiger partial charge on any atom is -0.379 e. The van der Waals surface area contributed by atoms with Gasteiger partial charge in [0.2, 0.25) is 0 Å². The number of anilines is 1. The van der Waals surface area contributed by atoms with Gasteiger partial charge in [0.15, 0.2) is 6.29 Å². The zero-order valence-electron chi connectivity index (χ0n) is 18.0. The zero-order chi connectivity index (χ0) is 21.6. The highest BCUT2D eigenvalue weighted by Crippen LogP contribution is 2.40. The van der Waals surface area contributed by atoms with Crippen molar-refractivity contribution in [3.63, 3.8) is 0 Å². The lowest BCUT2D eigenvalue weighted by Gasteiger charge is -2.17. The fourth-order valence-electron chi connectivity index (χ4n) is 3.56. The highest BCUT2D eigenvalue weighted by molar-refractivity contribution is 9.10. The van der Waals surface area contributed by atoms with Gasteiger partial charge >= 0.3 is 0 Å². The van der Waals surface area contributed by atoms with E-state index in [0.29, 0.717) is 38.9 Å². The van der Waals surface area contributed by atoms with Crippen molar-refractivity contribution in [1.82, 2.24) is 14.4 Å². The Balaban J connectivity index is 1.48. The lowest BCUT2D eigenvalue weighted by atomic mass is 10.1. The van der Waals surface area contributed by atoms with E-state index in [1.807, 2.05) is 26.0 Å². The molecule has 3 aromatic heterocycles. The summed E-state index contributed by atoms with van der Waals surface area (Å²) in [6.07, 6.45) is 8.24. The number of fused-ring (bicyclic) bond motifs is 1. The van der Waals surface area contributed by atoms with E-state index in [-0.39, 0.29) is 6.29 Å². The second kappa shape index (κ2) is 10.5. The maximum Gasteiger partial charge on any atom is 0.180 e. The summed E-state index contributed by atoms with van der Waals surface area (Å²) in [5, 5.41) is 3.41. The van der Waals surface area contributed by atoms with Crippen molar-refractivity contribution in [3.05, 3.63) is 58.2 Å². The molecule has 1 saturated carbocycles. The molecule has 0 amide bonds. The Labute approximate surface area is 191 Å². The molecule has 1 N–H and O–H groups in total. The summed E-state index contributed by atoms with van der Waals surface area (Å²) in [5.74, 6) is 0.654. The molecule has 1 aliphatic carbocycles. The number of nitrogens with one attached hydrogen (secondary N) is 1. The Kier molecular flexibility index (Phi) is 7.55. The highest BCUT2D eigenvalue weighted by atomic mass is 79.9. The number of hydrogen-bond donors (Lipinski definition) is 1. The van der Waals surface area contributed by atoms with Crippen molar-refractivity contribution in [1.29, 1.82) is 0 Å². The van der Waals surface area contributed by atoms with E-state index >= 15 is 0 Å². The first-order valence-corrected chi connectivity index (χ1v) is 11.6. The van der Waals surface area contributed by atoms with Crippen LogP contribution in [0.2, 0.25) is 0 Å². The molecule has 0 spiro atoms. The molecular weight excluding hydrogens is 460 g/mol. The molecule has 31 heavy (non-hydrogen) atoms. The quantitative estimate of drug-likeness (QED) is 0.289. The Morgan fingerprint density at radius 1 is 1.19 bits per heavy atom. The summed E-state index contributed by atoms with van der Waals surface area (Å²) in [6, 6.07) is 6.14. The minimum absolute atomic E-state index is 0.336. The number of ether oxygens (including phenoxy) is 3. The number of imidazole rings is 1. The first-order chi connectivity index (χ1) is 15.2.